The molecule has 0 spiro atoms. The minimum atomic E-state index is -1.94. The molecule has 0 heterocycles. The van der Waals surface area contributed by atoms with E-state index >= 15 is 0 Å². The van der Waals surface area contributed by atoms with Gasteiger partial charge in [-0.15, -0.1) is 0 Å². The van der Waals surface area contributed by atoms with E-state index in [1.165, 1.54) is 25.3 Å². The second-order valence-electron chi connectivity index (χ2n) is 7.09. The number of esters is 3. The van der Waals surface area contributed by atoms with Crippen molar-refractivity contribution >= 4 is 23.7 Å². The lowest BCUT2D eigenvalue weighted by atomic mass is 9.60. The van der Waals surface area contributed by atoms with Crippen LogP contribution in [0.3, 0.4) is 0 Å². The quantitative estimate of drug-likeness (QED) is 0.399. The summed E-state index contributed by atoms with van der Waals surface area (Å²) < 4.78 is 15.5. The van der Waals surface area contributed by atoms with E-state index in [0.717, 1.165) is 0 Å². The summed E-state index contributed by atoms with van der Waals surface area (Å²) in [6.07, 6.45) is -0.0911. The van der Waals surface area contributed by atoms with Crippen molar-refractivity contribution in [3.05, 3.63) is 70.8 Å². The van der Waals surface area contributed by atoms with E-state index in [2.05, 4.69) is 0 Å². The van der Waals surface area contributed by atoms with Gasteiger partial charge in [-0.05, 0) is 37.1 Å². The van der Waals surface area contributed by atoms with Crippen molar-refractivity contribution in [2.24, 2.45) is 0 Å². The molecule has 0 aliphatic heterocycles. The molecule has 1 aliphatic carbocycles. The van der Waals surface area contributed by atoms with Crippen LogP contribution in [0.2, 0.25) is 0 Å². The summed E-state index contributed by atoms with van der Waals surface area (Å²) in [6, 6.07) is 13.1. The third-order valence-electron chi connectivity index (χ3n) is 5.47. The van der Waals surface area contributed by atoms with Crippen LogP contribution in [0.4, 0.5) is 0 Å². The van der Waals surface area contributed by atoms with E-state index in [4.69, 9.17) is 14.2 Å². The van der Waals surface area contributed by atoms with Crippen LogP contribution in [0.5, 0.6) is 0 Å². The van der Waals surface area contributed by atoms with Crippen LogP contribution >= 0.6 is 0 Å². The number of hydrogen-bond donors (Lipinski definition) is 0. The Kier molecular flexibility index (Phi) is 6.53. The average molecular weight is 424 g/mol. The highest BCUT2D eigenvalue weighted by Gasteiger charge is 2.60. The van der Waals surface area contributed by atoms with Crippen LogP contribution in [0.1, 0.15) is 58.0 Å². The normalized spacial score (nSPS) is 16.7. The van der Waals surface area contributed by atoms with Gasteiger partial charge in [-0.25, -0.2) is 4.79 Å². The Bertz CT molecular complexity index is 992. The summed E-state index contributed by atoms with van der Waals surface area (Å²) in [5.74, 6) is -3.40. The van der Waals surface area contributed by atoms with Crippen molar-refractivity contribution in [2.75, 3.05) is 20.3 Å². The largest absolute Gasteiger partial charge is 0.465 e. The molecule has 3 rings (SSSR count). The highest BCUT2D eigenvalue weighted by Crippen LogP contribution is 2.49. The Hall–Kier alpha value is -3.48. The van der Waals surface area contributed by atoms with Crippen molar-refractivity contribution < 1.29 is 33.4 Å². The summed E-state index contributed by atoms with van der Waals surface area (Å²) in [5, 5.41) is 0. The van der Waals surface area contributed by atoms with E-state index in [1.54, 1.807) is 44.2 Å². The van der Waals surface area contributed by atoms with E-state index in [9.17, 15) is 19.2 Å². The number of ketones is 1. The number of ether oxygens (including phenoxy) is 3. The van der Waals surface area contributed by atoms with Gasteiger partial charge < -0.3 is 14.2 Å². The van der Waals surface area contributed by atoms with Gasteiger partial charge >= 0.3 is 17.9 Å². The molecular formula is C24H24O7. The zero-order valence-electron chi connectivity index (χ0n) is 17.7. The Labute approximate surface area is 180 Å². The smallest absolute Gasteiger partial charge is 0.337 e. The van der Waals surface area contributed by atoms with Crippen LogP contribution in [0.25, 0.3) is 0 Å². The number of carbonyl (C=O) groups excluding carboxylic acids is 4. The summed E-state index contributed by atoms with van der Waals surface area (Å²) in [5.41, 5.74) is -0.939. The van der Waals surface area contributed by atoms with Crippen LogP contribution < -0.4 is 0 Å². The number of hydrogen-bond acceptors (Lipinski definition) is 7. The fourth-order valence-corrected chi connectivity index (χ4v) is 4.13. The van der Waals surface area contributed by atoms with Crippen molar-refractivity contribution in [3.63, 3.8) is 0 Å². The molecule has 1 aliphatic rings. The summed E-state index contributed by atoms with van der Waals surface area (Å²) in [7, 11) is 1.23. The Morgan fingerprint density at radius 2 is 1.58 bits per heavy atom. The third kappa shape index (κ3) is 3.71. The molecule has 7 nitrogen and oxygen atoms in total. The molecule has 0 N–H and O–H groups in total. The molecule has 0 radical (unpaired) electrons. The van der Waals surface area contributed by atoms with Gasteiger partial charge in [-0.1, -0.05) is 36.4 Å². The minimum absolute atomic E-state index is 0.0292. The number of rotatable bonds is 6. The Morgan fingerprint density at radius 3 is 2.13 bits per heavy atom. The van der Waals surface area contributed by atoms with Crippen molar-refractivity contribution in [2.45, 2.75) is 31.6 Å². The summed E-state index contributed by atoms with van der Waals surface area (Å²) in [6.45, 7) is 3.32. The highest BCUT2D eigenvalue weighted by molar-refractivity contribution is 6.14. The van der Waals surface area contributed by atoms with Crippen LogP contribution in [-0.2, 0) is 29.2 Å². The maximum Gasteiger partial charge on any atom is 0.337 e. The number of methoxy groups -OCH3 is 1. The monoisotopic (exact) mass is 424 g/mol. The fourth-order valence-electron chi connectivity index (χ4n) is 4.13. The molecule has 2 aromatic rings. The molecule has 1 atom stereocenters. The topological polar surface area (TPSA) is 96.0 Å². The van der Waals surface area contributed by atoms with Crippen LogP contribution in [0.15, 0.2) is 48.5 Å². The Balaban J connectivity index is 2.39. The first-order valence-corrected chi connectivity index (χ1v) is 10.1. The van der Waals surface area contributed by atoms with E-state index < -0.39 is 29.2 Å². The van der Waals surface area contributed by atoms with Gasteiger partial charge in [0.25, 0.3) is 0 Å². The summed E-state index contributed by atoms with van der Waals surface area (Å²) in [4.78, 5) is 52.2. The molecule has 0 bridgehead atoms. The standard InChI is InChI=1S/C24H24O7/c1-4-30-22(27)24(23(28)31-5-2)18(15-9-7-6-8-10-15)14-20(25)17-12-11-16(13-19(17)24)21(26)29-3/h6-13,18H,4-5,14H2,1-3H3. The average Bonchev–Trinajstić information content (AvgIpc) is 2.79. The second kappa shape index (κ2) is 9.12. The van der Waals surface area contributed by atoms with E-state index in [-0.39, 0.29) is 42.1 Å². The van der Waals surface area contributed by atoms with Gasteiger partial charge in [0, 0.05) is 17.9 Å². The third-order valence-corrected chi connectivity index (χ3v) is 5.47. The molecule has 0 amide bonds. The predicted octanol–water partition coefficient (Wildman–Crippen LogP) is 3.21. The van der Waals surface area contributed by atoms with E-state index in [1.807, 2.05) is 0 Å². The molecule has 0 saturated heterocycles. The molecule has 2 aromatic carbocycles. The second-order valence-corrected chi connectivity index (χ2v) is 7.09. The summed E-state index contributed by atoms with van der Waals surface area (Å²) >= 11 is 0. The lowest BCUT2D eigenvalue weighted by molar-refractivity contribution is -0.166. The Morgan fingerprint density at radius 1 is 0.968 bits per heavy atom. The maximum atomic E-state index is 13.5. The van der Waals surface area contributed by atoms with Gasteiger partial charge in [-0.3, -0.25) is 14.4 Å². The van der Waals surface area contributed by atoms with Crippen LogP contribution in [-0.4, -0.2) is 44.0 Å². The zero-order valence-corrected chi connectivity index (χ0v) is 17.7. The number of fused-ring (bicyclic) bond motifs is 1. The molecule has 0 saturated carbocycles. The van der Waals surface area contributed by atoms with E-state index in [0.29, 0.717) is 5.56 Å². The maximum absolute atomic E-state index is 13.5. The molecule has 31 heavy (non-hydrogen) atoms. The van der Waals surface area contributed by atoms with Gasteiger partial charge in [0.1, 0.15) is 0 Å². The molecule has 0 aromatic heterocycles. The predicted molar refractivity (Wildman–Crippen MR) is 111 cm³/mol. The lowest BCUT2D eigenvalue weighted by Crippen LogP contribution is -2.54. The van der Waals surface area contributed by atoms with Crippen LogP contribution in [0, 0.1) is 0 Å². The minimum Gasteiger partial charge on any atom is -0.465 e. The first-order valence-electron chi connectivity index (χ1n) is 10.1. The molecular weight excluding hydrogens is 400 g/mol. The first kappa shape index (κ1) is 22.2. The fraction of sp³-hybridized carbons (Fsp3) is 0.333. The molecule has 162 valence electrons. The van der Waals surface area contributed by atoms with Gasteiger partial charge in [0.2, 0.25) is 0 Å². The van der Waals surface area contributed by atoms with Gasteiger partial charge in [-0.2, -0.15) is 0 Å². The highest BCUT2D eigenvalue weighted by atomic mass is 16.6. The van der Waals surface area contributed by atoms with Gasteiger partial charge in [0.05, 0.1) is 25.9 Å². The zero-order chi connectivity index (χ0) is 22.6. The SMILES string of the molecule is CCOC(=O)C1(C(=O)OCC)c2cc(C(=O)OC)ccc2C(=O)CC1c1ccccc1. The molecule has 0 fully saturated rings. The molecule has 1 unspecified atom stereocenters. The molecule has 7 heteroatoms. The van der Waals surface area contributed by atoms with Crippen molar-refractivity contribution in [3.8, 4) is 0 Å². The number of carbonyl (C=O) groups is 4. The lowest BCUT2D eigenvalue weighted by Gasteiger charge is -2.41. The van der Waals surface area contributed by atoms with Crippen molar-refractivity contribution in [1.82, 2.24) is 0 Å². The number of benzene rings is 2. The first-order chi connectivity index (χ1) is 14.9. The van der Waals surface area contributed by atoms with Crippen molar-refractivity contribution in [1.29, 1.82) is 0 Å². The van der Waals surface area contributed by atoms with Gasteiger partial charge in [0.15, 0.2) is 11.2 Å². The number of Topliss-reactive ketones (excluding diaryl/α,β-unsaturated/α-hetero) is 1.